The zero-order chi connectivity index (χ0) is 18.2. The van der Waals surface area contributed by atoms with Crippen LogP contribution in [0.3, 0.4) is 0 Å². The molecule has 0 aliphatic carbocycles. The van der Waals surface area contributed by atoms with Crippen LogP contribution in [0.4, 0.5) is 4.79 Å². The molecule has 134 valence electrons. The summed E-state index contributed by atoms with van der Waals surface area (Å²) in [5.41, 5.74) is 1.10. The number of aliphatic hydroxyl groups is 2. The van der Waals surface area contributed by atoms with Gasteiger partial charge in [-0.05, 0) is 24.1 Å². The number of halogens is 1. The van der Waals surface area contributed by atoms with E-state index in [1.807, 2.05) is 30.3 Å². The van der Waals surface area contributed by atoms with E-state index < -0.39 is 18.3 Å². The Bertz CT molecular complexity index is 695. The summed E-state index contributed by atoms with van der Waals surface area (Å²) in [6.07, 6.45) is -2.88. The molecule has 0 saturated heterocycles. The predicted molar refractivity (Wildman–Crippen MR) is 96.0 cm³/mol. The number of amides is 1. The third kappa shape index (κ3) is 6.04. The van der Waals surface area contributed by atoms with Gasteiger partial charge in [0.25, 0.3) is 0 Å². The summed E-state index contributed by atoms with van der Waals surface area (Å²) in [4.78, 5) is 11.6. The second-order valence-electron chi connectivity index (χ2n) is 5.49. The molecule has 0 aromatic heterocycles. The van der Waals surface area contributed by atoms with E-state index in [2.05, 4.69) is 21.2 Å². The number of phenols is 1. The molecule has 4 N–H and O–H groups in total. The standard InChI is InChI=1S/C18H20BrNO5/c19-13-6-7-14(16(22)10-13)17(23)15(21)8-9-20-18(24)25-11-12-4-2-1-3-5-12/h1-7,10,15,17,21-23H,8-9,11H2,(H,20,24). The molecule has 0 radical (unpaired) electrons. The molecule has 0 fully saturated rings. The Morgan fingerprint density at radius 2 is 1.88 bits per heavy atom. The molecule has 0 saturated carbocycles. The molecule has 1 amide bonds. The molecule has 2 aromatic rings. The maximum atomic E-state index is 11.6. The van der Waals surface area contributed by atoms with Crippen molar-refractivity contribution < 1.29 is 24.9 Å². The Morgan fingerprint density at radius 3 is 2.56 bits per heavy atom. The molecule has 2 unspecified atom stereocenters. The predicted octanol–water partition coefficient (Wildman–Crippen LogP) is 2.87. The number of phenolic OH excluding ortho intramolecular Hbond substituents is 1. The summed E-state index contributed by atoms with van der Waals surface area (Å²) in [5.74, 6) is -0.115. The number of ether oxygens (including phenoxy) is 1. The summed E-state index contributed by atoms with van der Waals surface area (Å²) in [5, 5.41) is 32.5. The lowest BCUT2D eigenvalue weighted by molar-refractivity contribution is 0.0123. The van der Waals surface area contributed by atoms with Crippen molar-refractivity contribution in [1.82, 2.24) is 5.32 Å². The summed E-state index contributed by atoms with van der Waals surface area (Å²) < 4.78 is 5.71. The van der Waals surface area contributed by atoms with Gasteiger partial charge in [-0.15, -0.1) is 0 Å². The van der Waals surface area contributed by atoms with Gasteiger partial charge in [0.05, 0.1) is 6.10 Å². The third-order valence-corrected chi connectivity index (χ3v) is 4.09. The molecule has 6 nitrogen and oxygen atoms in total. The van der Waals surface area contributed by atoms with Crippen LogP contribution in [0.15, 0.2) is 53.0 Å². The maximum Gasteiger partial charge on any atom is 0.407 e. The quantitative estimate of drug-likeness (QED) is 0.563. The van der Waals surface area contributed by atoms with Crippen LogP contribution in [0, 0.1) is 0 Å². The minimum Gasteiger partial charge on any atom is -0.508 e. The molecule has 0 bridgehead atoms. The monoisotopic (exact) mass is 409 g/mol. The number of benzene rings is 2. The van der Waals surface area contributed by atoms with Gasteiger partial charge in [0.15, 0.2) is 0 Å². The zero-order valence-corrected chi connectivity index (χ0v) is 15.0. The molecule has 0 heterocycles. The van der Waals surface area contributed by atoms with Gasteiger partial charge in [-0.3, -0.25) is 0 Å². The summed E-state index contributed by atoms with van der Waals surface area (Å²) in [6.45, 7) is 0.285. The fourth-order valence-corrected chi connectivity index (χ4v) is 2.58. The average molecular weight is 410 g/mol. The lowest BCUT2D eigenvalue weighted by Crippen LogP contribution is -2.29. The molecular formula is C18H20BrNO5. The summed E-state index contributed by atoms with van der Waals surface area (Å²) in [6, 6.07) is 13.9. The normalized spacial score (nSPS) is 13.1. The lowest BCUT2D eigenvalue weighted by Gasteiger charge is -2.19. The molecule has 0 aliphatic heterocycles. The Hall–Kier alpha value is -2.09. The topological polar surface area (TPSA) is 99.0 Å². The number of carbonyl (C=O) groups is 1. The number of rotatable bonds is 7. The lowest BCUT2D eigenvalue weighted by atomic mass is 10.0. The maximum absolute atomic E-state index is 11.6. The fraction of sp³-hybridized carbons (Fsp3) is 0.278. The number of alkyl carbamates (subject to hydrolysis) is 1. The first kappa shape index (κ1) is 19.2. The number of aliphatic hydroxyl groups excluding tert-OH is 2. The van der Waals surface area contributed by atoms with Gasteiger partial charge in [-0.2, -0.15) is 0 Å². The van der Waals surface area contributed by atoms with Crippen molar-refractivity contribution in [2.75, 3.05) is 6.54 Å². The molecule has 25 heavy (non-hydrogen) atoms. The first-order valence-electron chi connectivity index (χ1n) is 7.76. The molecule has 0 aliphatic rings. The van der Waals surface area contributed by atoms with Crippen LogP contribution in [0.5, 0.6) is 5.75 Å². The second-order valence-corrected chi connectivity index (χ2v) is 6.41. The molecule has 2 aromatic carbocycles. The summed E-state index contributed by atoms with van der Waals surface area (Å²) >= 11 is 3.21. The highest BCUT2D eigenvalue weighted by atomic mass is 79.9. The molecular weight excluding hydrogens is 390 g/mol. The van der Waals surface area contributed by atoms with E-state index >= 15 is 0 Å². The number of hydrogen-bond donors (Lipinski definition) is 4. The van der Waals surface area contributed by atoms with Gasteiger partial charge in [0.2, 0.25) is 0 Å². The minimum atomic E-state index is -1.25. The number of hydrogen-bond acceptors (Lipinski definition) is 5. The highest BCUT2D eigenvalue weighted by Gasteiger charge is 2.21. The van der Waals surface area contributed by atoms with Crippen molar-refractivity contribution in [2.24, 2.45) is 0 Å². The van der Waals surface area contributed by atoms with E-state index in [9.17, 15) is 20.1 Å². The van der Waals surface area contributed by atoms with Crippen molar-refractivity contribution in [3.63, 3.8) is 0 Å². The first-order valence-corrected chi connectivity index (χ1v) is 8.55. The van der Waals surface area contributed by atoms with E-state index in [0.29, 0.717) is 4.47 Å². The molecule has 2 atom stereocenters. The van der Waals surface area contributed by atoms with Crippen LogP contribution in [-0.4, -0.2) is 34.1 Å². The molecule has 7 heteroatoms. The smallest absolute Gasteiger partial charge is 0.407 e. The van der Waals surface area contributed by atoms with Crippen LogP contribution in [0.1, 0.15) is 23.7 Å². The van der Waals surface area contributed by atoms with E-state index in [0.717, 1.165) is 5.56 Å². The minimum absolute atomic E-state index is 0.108. The van der Waals surface area contributed by atoms with Crippen LogP contribution < -0.4 is 5.32 Å². The van der Waals surface area contributed by atoms with Crippen molar-refractivity contribution in [2.45, 2.75) is 25.2 Å². The Kier molecular flexibility index (Phi) is 7.24. The van der Waals surface area contributed by atoms with Crippen LogP contribution in [0.2, 0.25) is 0 Å². The Balaban J connectivity index is 1.74. The van der Waals surface area contributed by atoms with Gasteiger partial charge in [0, 0.05) is 16.6 Å². The van der Waals surface area contributed by atoms with E-state index in [1.165, 1.54) is 12.1 Å². The average Bonchev–Trinajstić information content (AvgIpc) is 2.60. The van der Waals surface area contributed by atoms with E-state index in [4.69, 9.17) is 4.74 Å². The number of aromatic hydroxyl groups is 1. The Morgan fingerprint density at radius 1 is 1.16 bits per heavy atom. The summed E-state index contributed by atoms with van der Waals surface area (Å²) in [7, 11) is 0. The van der Waals surface area contributed by atoms with E-state index in [1.54, 1.807) is 6.07 Å². The van der Waals surface area contributed by atoms with Gasteiger partial charge >= 0.3 is 6.09 Å². The Labute approximate surface area is 154 Å². The van der Waals surface area contributed by atoms with Crippen LogP contribution in [0.25, 0.3) is 0 Å². The first-order chi connectivity index (χ1) is 12.0. The number of nitrogens with one attached hydrogen (secondary N) is 1. The molecule has 0 spiro atoms. The van der Waals surface area contributed by atoms with Crippen LogP contribution >= 0.6 is 15.9 Å². The SMILES string of the molecule is O=C(NCCC(O)C(O)c1ccc(Br)cc1O)OCc1ccccc1. The highest BCUT2D eigenvalue weighted by Crippen LogP contribution is 2.30. The van der Waals surface area contributed by atoms with Gasteiger partial charge in [-0.25, -0.2) is 4.79 Å². The fourth-order valence-electron chi connectivity index (χ4n) is 2.23. The van der Waals surface area contributed by atoms with Gasteiger partial charge in [-0.1, -0.05) is 52.3 Å². The van der Waals surface area contributed by atoms with Crippen molar-refractivity contribution in [3.8, 4) is 5.75 Å². The van der Waals surface area contributed by atoms with E-state index in [-0.39, 0.29) is 30.9 Å². The van der Waals surface area contributed by atoms with Crippen molar-refractivity contribution in [1.29, 1.82) is 0 Å². The second kappa shape index (κ2) is 9.41. The highest BCUT2D eigenvalue weighted by molar-refractivity contribution is 9.10. The van der Waals surface area contributed by atoms with Gasteiger partial charge in [0.1, 0.15) is 18.5 Å². The molecule has 2 rings (SSSR count). The third-order valence-electron chi connectivity index (χ3n) is 3.60. The van der Waals surface area contributed by atoms with Gasteiger partial charge < -0.3 is 25.4 Å². The number of carbonyl (C=O) groups excluding carboxylic acids is 1. The van der Waals surface area contributed by atoms with Crippen LogP contribution in [-0.2, 0) is 11.3 Å². The van der Waals surface area contributed by atoms with Crippen molar-refractivity contribution >= 4 is 22.0 Å². The van der Waals surface area contributed by atoms with Crippen molar-refractivity contribution in [3.05, 3.63) is 64.1 Å². The largest absolute Gasteiger partial charge is 0.508 e. The zero-order valence-electron chi connectivity index (χ0n) is 13.4.